The Morgan fingerprint density at radius 3 is 2.62 bits per heavy atom. The highest BCUT2D eigenvalue weighted by Gasteiger charge is 2.35. The first-order chi connectivity index (χ1) is 15.4. The summed E-state index contributed by atoms with van der Waals surface area (Å²) in [6.07, 6.45) is 2.00. The van der Waals surface area contributed by atoms with Crippen LogP contribution in [-0.2, 0) is 16.6 Å². The van der Waals surface area contributed by atoms with Gasteiger partial charge in [0.1, 0.15) is 5.67 Å². The molecule has 9 heteroatoms. The Hall–Kier alpha value is -2.52. The average Bonchev–Trinajstić information content (AvgIpc) is 3.11. The van der Waals surface area contributed by atoms with Gasteiger partial charge >= 0.3 is 0 Å². The number of carbonyl (C=O) groups excluding carboxylic acids is 2. The summed E-state index contributed by atoms with van der Waals surface area (Å²) in [6, 6.07) is 6.11. The molecule has 2 amide bonds. The van der Waals surface area contributed by atoms with Crippen LogP contribution in [0, 0.1) is 0 Å². The number of benzene rings is 1. The predicted octanol–water partition coefficient (Wildman–Crippen LogP) is 1.31. The van der Waals surface area contributed by atoms with Gasteiger partial charge in [0.25, 0.3) is 0 Å². The van der Waals surface area contributed by atoms with E-state index in [-0.39, 0.29) is 11.8 Å². The molecule has 3 fully saturated rings. The van der Waals surface area contributed by atoms with Crippen LogP contribution in [0.15, 0.2) is 18.2 Å². The van der Waals surface area contributed by atoms with Gasteiger partial charge in [0.05, 0.1) is 22.8 Å². The van der Waals surface area contributed by atoms with Crippen molar-refractivity contribution in [2.45, 2.75) is 37.3 Å². The van der Waals surface area contributed by atoms with Gasteiger partial charge in [-0.2, -0.15) is 5.10 Å². The number of imide groups is 1. The molecule has 1 aromatic heterocycles. The Bertz CT molecular complexity index is 1020. The summed E-state index contributed by atoms with van der Waals surface area (Å²) in [6.45, 7) is 5.33. The number of rotatable bonds is 4. The summed E-state index contributed by atoms with van der Waals surface area (Å²) in [5.74, 6) is -0.892. The number of aryl methyl sites for hydroxylation is 1. The van der Waals surface area contributed by atoms with Crippen molar-refractivity contribution in [2.24, 2.45) is 7.05 Å². The number of nitrogens with zero attached hydrogens (tertiary/aromatic N) is 4. The second kappa shape index (κ2) is 8.44. The molecule has 172 valence electrons. The minimum absolute atomic E-state index is 0.218. The Morgan fingerprint density at radius 2 is 1.91 bits per heavy atom. The number of fused-ring (bicyclic) bond motifs is 1. The smallest absolute Gasteiger partial charge is 0.235 e. The Kier molecular flexibility index (Phi) is 5.63. The van der Waals surface area contributed by atoms with Crippen LogP contribution in [0.25, 0.3) is 10.9 Å². The van der Waals surface area contributed by atoms with E-state index in [1.807, 2.05) is 23.9 Å². The normalized spacial score (nSPS) is 24.7. The second-order valence-corrected chi connectivity index (χ2v) is 9.35. The van der Waals surface area contributed by atoms with Crippen LogP contribution < -0.4 is 15.5 Å². The van der Waals surface area contributed by atoms with Crippen LogP contribution in [0.5, 0.6) is 0 Å². The second-order valence-electron chi connectivity index (χ2n) is 9.35. The summed E-state index contributed by atoms with van der Waals surface area (Å²) in [4.78, 5) is 28.6. The molecule has 0 bridgehead atoms. The summed E-state index contributed by atoms with van der Waals surface area (Å²) in [5, 5.41) is 11.3. The fourth-order valence-corrected chi connectivity index (χ4v) is 5.39. The van der Waals surface area contributed by atoms with Crippen molar-refractivity contribution in [3.8, 4) is 0 Å². The Balaban J connectivity index is 1.34. The zero-order valence-corrected chi connectivity index (χ0v) is 18.6. The number of anilines is 1. The summed E-state index contributed by atoms with van der Waals surface area (Å²) in [7, 11) is 1.90. The molecule has 0 spiro atoms. The highest BCUT2D eigenvalue weighted by Crippen LogP contribution is 2.35. The monoisotopic (exact) mass is 442 g/mol. The first-order valence-corrected chi connectivity index (χ1v) is 11.6. The third-order valence-electron chi connectivity index (χ3n) is 7.16. The molecule has 3 saturated heterocycles. The van der Waals surface area contributed by atoms with Crippen LogP contribution in [0.2, 0.25) is 0 Å². The molecule has 3 aliphatic rings. The van der Waals surface area contributed by atoms with Gasteiger partial charge < -0.3 is 10.2 Å². The number of piperidine rings is 2. The van der Waals surface area contributed by atoms with Crippen molar-refractivity contribution in [2.75, 3.05) is 50.7 Å². The molecule has 0 radical (unpaired) electrons. The zero-order valence-electron chi connectivity index (χ0n) is 18.6. The quantitative estimate of drug-likeness (QED) is 0.695. The van der Waals surface area contributed by atoms with E-state index in [0.29, 0.717) is 32.2 Å². The highest BCUT2D eigenvalue weighted by atomic mass is 19.1. The number of hydrogen-bond acceptors (Lipinski definition) is 6. The van der Waals surface area contributed by atoms with Crippen molar-refractivity contribution in [1.29, 1.82) is 0 Å². The van der Waals surface area contributed by atoms with E-state index in [4.69, 9.17) is 5.10 Å². The topological polar surface area (TPSA) is 82.5 Å². The van der Waals surface area contributed by atoms with Crippen molar-refractivity contribution in [3.63, 3.8) is 0 Å². The maximum Gasteiger partial charge on any atom is 0.235 e. The Labute approximate surface area is 187 Å². The van der Waals surface area contributed by atoms with Gasteiger partial charge in [-0.15, -0.1) is 0 Å². The van der Waals surface area contributed by atoms with Crippen molar-refractivity contribution >= 4 is 28.4 Å². The number of halogens is 1. The predicted molar refractivity (Wildman–Crippen MR) is 120 cm³/mol. The highest BCUT2D eigenvalue weighted by molar-refractivity contribution is 6.03. The molecule has 3 aliphatic heterocycles. The number of nitrogens with one attached hydrogen (secondary N) is 2. The lowest BCUT2D eigenvalue weighted by molar-refractivity contribution is -0.134. The fraction of sp³-hybridized carbons (Fsp3) is 0.609. The summed E-state index contributed by atoms with van der Waals surface area (Å²) >= 11 is 0. The van der Waals surface area contributed by atoms with E-state index in [1.54, 1.807) is 0 Å². The molecule has 1 atom stereocenters. The van der Waals surface area contributed by atoms with Crippen LogP contribution in [0.1, 0.15) is 37.3 Å². The summed E-state index contributed by atoms with van der Waals surface area (Å²) in [5.41, 5.74) is 1.75. The number of aromatic nitrogens is 2. The Morgan fingerprint density at radius 1 is 1.16 bits per heavy atom. The maximum atomic E-state index is 15.1. The molecule has 1 unspecified atom stereocenters. The fourth-order valence-electron chi connectivity index (χ4n) is 5.39. The van der Waals surface area contributed by atoms with Gasteiger partial charge in [0, 0.05) is 51.6 Å². The van der Waals surface area contributed by atoms with Crippen molar-refractivity contribution in [1.82, 2.24) is 25.3 Å². The first-order valence-electron chi connectivity index (χ1n) is 11.6. The molecule has 1 aromatic carbocycles. The molecule has 0 aliphatic carbocycles. The standard InChI is InChI=1S/C23H31FN6O2/c1-28-21-16(20(27-28)17-5-6-19(31)26-22(17)32)3-2-4-18(21)30-13-11-29(12-14-30)15-23(24)7-9-25-10-8-23/h2-4,17,25H,5-15H2,1H3,(H,26,31,32). The lowest BCUT2D eigenvalue weighted by Gasteiger charge is -2.40. The van der Waals surface area contributed by atoms with Crippen molar-refractivity contribution in [3.05, 3.63) is 23.9 Å². The molecule has 4 heterocycles. The van der Waals surface area contributed by atoms with E-state index in [0.717, 1.165) is 61.6 Å². The molecule has 2 N–H and O–H groups in total. The van der Waals surface area contributed by atoms with Crippen LogP contribution >= 0.6 is 0 Å². The molecule has 32 heavy (non-hydrogen) atoms. The third-order valence-corrected chi connectivity index (χ3v) is 7.16. The lowest BCUT2D eigenvalue weighted by atomic mass is 9.92. The average molecular weight is 443 g/mol. The lowest BCUT2D eigenvalue weighted by Crippen LogP contribution is -2.53. The largest absolute Gasteiger partial charge is 0.367 e. The molecule has 8 nitrogen and oxygen atoms in total. The van der Waals surface area contributed by atoms with Gasteiger partial charge in [-0.1, -0.05) is 12.1 Å². The van der Waals surface area contributed by atoms with Gasteiger partial charge in [0.15, 0.2) is 0 Å². The van der Waals surface area contributed by atoms with Gasteiger partial charge in [0.2, 0.25) is 11.8 Å². The number of amides is 2. The molecular weight excluding hydrogens is 411 g/mol. The van der Waals surface area contributed by atoms with Gasteiger partial charge in [-0.25, -0.2) is 4.39 Å². The molecule has 2 aromatic rings. The van der Waals surface area contributed by atoms with Gasteiger partial charge in [-0.3, -0.25) is 24.5 Å². The first kappa shape index (κ1) is 21.3. The van der Waals surface area contributed by atoms with Crippen LogP contribution in [0.3, 0.4) is 0 Å². The van der Waals surface area contributed by atoms with Gasteiger partial charge in [-0.05, 0) is 38.4 Å². The summed E-state index contributed by atoms with van der Waals surface area (Å²) < 4.78 is 17.0. The number of carbonyl (C=O) groups is 2. The van der Waals surface area contributed by atoms with E-state index in [9.17, 15) is 9.59 Å². The van der Waals surface area contributed by atoms with E-state index in [2.05, 4.69) is 26.5 Å². The van der Waals surface area contributed by atoms with E-state index >= 15 is 4.39 Å². The van der Waals surface area contributed by atoms with Crippen LogP contribution in [-0.4, -0.2) is 78.0 Å². The minimum Gasteiger partial charge on any atom is -0.367 e. The van der Waals surface area contributed by atoms with E-state index < -0.39 is 11.6 Å². The number of piperazine rings is 1. The van der Waals surface area contributed by atoms with Crippen molar-refractivity contribution < 1.29 is 14.0 Å². The SMILES string of the molecule is Cn1nc(C2CCC(=O)NC2=O)c2cccc(N3CCN(CC4(F)CCNCC4)CC3)c21. The van der Waals surface area contributed by atoms with E-state index in [1.165, 1.54) is 0 Å². The number of alkyl halides is 1. The minimum atomic E-state index is -1.08. The number of hydrogen-bond donors (Lipinski definition) is 2. The maximum absolute atomic E-state index is 15.1. The molecular formula is C23H31FN6O2. The number of para-hydroxylation sites is 1. The van der Waals surface area contributed by atoms with Crippen LogP contribution in [0.4, 0.5) is 10.1 Å². The third kappa shape index (κ3) is 3.99. The zero-order chi connectivity index (χ0) is 22.3. The molecule has 5 rings (SSSR count). The molecule has 0 saturated carbocycles.